The summed E-state index contributed by atoms with van der Waals surface area (Å²) in [6.45, 7) is 0.699. The maximum Gasteiger partial charge on any atom is 0.186 e. The van der Waals surface area contributed by atoms with Crippen molar-refractivity contribution in [1.29, 1.82) is 0 Å². The molecule has 4 rings (SSSR count). The summed E-state index contributed by atoms with van der Waals surface area (Å²) in [5, 5.41) is 10.7. The van der Waals surface area contributed by atoms with Crippen LogP contribution in [0.5, 0.6) is 0 Å². The molecule has 2 aliphatic heterocycles. The zero-order valence-corrected chi connectivity index (χ0v) is 15.1. The lowest BCUT2D eigenvalue weighted by Crippen LogP contribution is -2.62. The molecule has 0 aliphatic carbocycles. The minimum Gasteiger partial charge on any atom is -0.385 e. The highest BCUT2D eigenvalue weighted by Crippen LogP contribution is 2.35. The van der Waals surface area contributed by atoms with Crippen molar-refractivity contribution in [3.8, 4) is 0 Å². The lowest BCUT2D eigenvalue weighted by atomic mass is 9.97. The zero-order chi connectivity index (χ0) is 18.6. The van der Waals surface area contributed by atoms with E-state index in [1.807, 2.05) is 60.7 Å². The lowest BCUT2D eigenvalue weighted by molar-refractivity contribution is -0.363. The second-order valence-corrected chi connectivity index (χ2v) is 6.71. The molecule has 0 radical (unpaired) electrons. The van der Waals surface area contributed by atoms with Gasteiger partial charge in [-0.15, -0.1) is 0 Å². The van der Waals surface area contributed by atoms with Crippen LogP contribution in [0.3, 0.4) is 0 Å². The Morgan fingerprint density at radius 1 is 1.00 bits per heavy atom. The topological polar surface area (TPSA) is 66.4 Å². The van der Waals surface area contributed by atoms with Crippen molar-refractivity contribution in [2.24, 2.45) is 0 Å². The Labute approximate surface area is 158 Å². The molecule has 0 amide bonds. The number of rotatable bonds is 5. The smallest absolute Gasteiger partial charge is 0.186 e. The molecule has 1 N–H and O–H groups in total. The van der Waals surface area contributed by atoms with Gasteiger partial charge in [-0.2, -0.15) is 0 Å². The molecule has 2 heterocycles. The Hall–Kier alpha value is -1.80. The number of methoxy groups -OCH3 is 1. The van der Waals surface area contributed by atoms with Crippen LogP contribution in [0.25, 0.3) is 0 Å². The van der Waals surface area contributed by atoms with Gasteiger partial charge < -0.3 is 28.8 Å². The minimum absolute atomic E-state index is 0.335. The van der Waals surface area contributed by atoms with E-state index < -0.39 is 30.9 Å². The van der Waals surface area contributed by atoms with Crippen LogP contribution in [0.15, 0.2) is 60.7 Å². The highest BCUT2D eigenvalue weighted by atomic mass is 16.8. The standard InChI is InChI=1S/C21H24O6/c1-23-21-17(22)19(24-12-14-8-4-2-5-9-14)18-16(26-21)13-25-20(27-18)15-10-6-3-7-11-15/h2-11,16-22H,12-13H2,1H3/t16-,17+,18-,19+,20?,21-/m1/s1. The Balaban J connectivity index is 1.51. The summed E-state index contributed by atoms with van der Waals surface area (Å²) in [5.41, 5.74) is 1.94. The van der Waals surface area contributed by atoms with Gasteiger partial charge in [-0.1, -0.05) is 60.7 Å². The van der Waals surface area contributed by atoms with Gasteiger partial charge in [0, 0.05) is 12.7 Å². The van der Waals surface area contributed by atoms with Crippen molar-refractivity contribution in [1.82, 2.24) is 0 Å². The summed E-state index contributed by atoms with van der Waals surface area (Å²) in [7, 11) is 1.50. The fourth-order valence-corrected chi connectivity index (χ4v) is 3.49. The molecule has 6 atom stereocenters. The van der Waals surface area contributed by atoms with Crippen molar-refractivity contribution in [3.05, 3.63) is 71.8 Å². The summed E-state index contributed by atoms with van der Waals surface area (Å²) in [6.07, 6.45) is -3.70. The molecule has 144 valence electrons. The monoisotopic (exact) mass is 372 g/mol. The summed E-state index contributed by atoms with van der Waals surface area (Å²) in [5.74, 6) is 0. The zero-order valence-electron chi connectivity index (χ0n) is 15.1. The molecule has 0 bridgehead atoms. The van der Waals surface area contributed by atoms with Crippen molar-refractivity contribution < 1.29 is 28.8 Å². The molecule has 27 heavy (non-hydrogen) atoms. The maximum absolute atomic E-state index is 10.7. The van der Waals surface area contributed by atoms with E-state index in [0.717, 1.165) is 11.1 Å². The van der Waals surface area contributed by atoms with Crippen molar-refractivity contribution in [2.75, 3.05) is 13.7 Å². The van der Waals surface area contributed by atoms with Gasteiger partial charge in [0.2, 0.25) is 0 Å². The van der Waals surface area contributed by atoms with Gasteiger partial charge in [0.1, 0.15) is 24.4 Å². The first kappa shape index (κ1) is 18.6. The number of hydrogen-bond acceptors (Lipinski definition) is 6. The predicted molar refractivity (Wildman–Crippen MR) is 96.7 cm³/mol. The van der Waals surface area contributed by atoms with Gasteiger partial charge in [-0.3, -0.25) is 0 Å². The molecule has 6 heteroatoms. The Bertz CT molecular complexity index is 709. The molecule has 0 aromatic heterocycles. The molecule has 1 unspecified atom stereocenters. The molecule has 6 nitrogen and oxygen atoms in total. The van der Waals surface area contributed by atoms with Gasteiger partial charge in [0.25, 0.3) is 0 Å². The van der Waals surface area contributed by atoms with Crippen LogP contribution in [-0.4, -0.2) is 49.5 Å². The number of benzene rings is 2. The number of aliphatic hydroxyl groups excluding tert-OH is 1. The van der Waals surface area contributed by atoms with Crippen LogP contribution in [0, 0.1) is 0 Å². The van der Waals surface area contributed by atoms with Crippen LogP contribution in [0.4, 0.5) is 0 Å². The highest BCUT2D eigenvalue weighted by Gasteiger charge is 2.50. The molecule has 2 aromatic rings. The molecule has 0 saturated carbocycles. The molecule has 2 saturated heterocycles. The quantitative estimate of drug-likeness (QED) is 0.870. The summed E-state index contributed by atoms with van der Waals surface area (Å²) >= 11 is 0. The Morgan fingerprint density at radius 2 is 1.70 bits per heavy atom. The fourth-order valence-electron chi connectivity index (χ4n) is 3.49. The lowest BCUT2D eigenvalue weighted by Gasteiger charge is -2.47. The normalized spacial score (nSPS) is 33.4. The van der Waals surface area contributed by atoms with Crippen LogP contribution in [0.2, 0.25) is 0 Å². The van der Waals surface area contributed by atoms with Crippen molar-refractivity contribution >= 4 is 0 Å². The number of hydrogen-bond donors (Lipinski definition) is 1. The van der Waals surface area contributed by atoms with Crippen LogP contribution in [0.1, 0.15) is 17.4 Å². The van der Waals surface area contributed by atoms with Crippen LogP contribution in [-0.2, 0) is 30.3 Å². The van der Waals surface area contributed by atoms with Gasteiger partial charge in [-0.05, 0) is 5.56 Å². The van der Waals surface area contributed by atoms with E-state index in [4.69, 9.17) is 23.7 Å². The minimum atomic E-state index is -0.963. The molecule has 0 spiro atoms. The second-order valence-electron chi connectivity index (χ2n) is 6.71. The predicted octanol–water partition coefficient (Wildman–Crippen LogP) is 2.42. The maximum atomic E-state index is 10.7. The van der Waals surface area contributed by atoms with Crippen LogP contribution >= 0.6 is 0 Å². The van der Waals surface area contributed by atoms with E-state index in [1.165, 1.54) is 7.11 Å². The number of aliphatic hydroxyl groups is 1. The molecular formula is C21H24O6. The van der Waals surface area contributed by atoms with E-state index in [0.29, 0.717) is 13.2 Å². The first-order valence-electron chi connectivity index (χ1n) is 9.10. The molecule has 2 fully saturated rings. The Morgan fingerprint density at radius 3 is 2.41 bits per heavy atom. The number of ether oxygens (including phenoxy) is 5. The van der Waals surface area contributed by atoms with Gasteiger partial charge in [-0.25, -0.2) is 0 Å². The largest absolute Gasteiger partial charge is 0.385 e. The molecular weight excluding hydrogens is 348 g/mol. The van der Waals surface area contributed by atoms with Crippen molar-refractivity contribution in [2.45, 2.75) is 43.6 Å². The number of fused-ring (bicyclic) bond motifs is 1. The van der Waals surface area contributed by atoms with Gasteiger partial charge >= 0.3 is 0 Å². The van der Waals surface area contributed by atoms with Crippen LogP contribution < -0.4 is 0 Å². The average Bonchev–Trinajstić information content (AvgIpc) is 2.74. The third-order valence-corrected chi connectivity index (χ3v) is 4.90. The molecule has 2 aromatic carbocycles. The second kappa shape index (κ2) is 8.48. The average molecular weight is 372 g/mol. The van der Waals surface area contributed by atoms with E-state index in [2.05, 4.69) is 0 Å². The summed E-state index contributed by atoms with van der Waals surface area (Å²) in [6, 6.07) is 19.5. The van der Waals surface area contributed by atoms with E-state index >= 15 is 0 Å². The fraction of sp³-hybridized carbons (Fsp3) is 0.429. The third-order valence-electron chi connectivity index (χ3n) is 4.90. The van der Waals surface area contributed by atoms with E-state index in [9.17, 15) is 5.11 Å². The van der Waals surface area contributed by atoms with Crippen molar-refractivity contribution in [3.63, 3.8) is 0 Å². The summed E-state index contributed by atoms with van der Waals surface area (Å²) in [4.78, 5) is 0. The highest BCUT2D eigenvalue weighted by molar-refractivity contribution is 5.17. The van der Waals surface area contributed by atoms with Gasteiger partial charge in [0.05, 0.1) is 13.2 Å². The first-order chi connectivity index (χ1) is 13.3. The van der Waals surface area contributed by atoms with Gasteiger partial charge in [0.15, 0.2) is 12.6 Å². The first-order valence-corrected chi connectivity index (χ1v) is 9.10. The molecule has 2 aliphatic rings. The van der Waals surface area contributed by atoms with E-state index in [1.54, 1.807) is 0 Å². The third kappa shape index (κ3) is 4.06. The van der Waals surface area contributed by atoms with E-state index in [-0.39, 0.29) is 6.10 Å². The SMILES string of the molecule is CO[C@@H]1O[C@@H]2COC(c3ccccc3)O[C@H]2[C@@H](OCc2ccccc2)[C@@H]1O. The Kier molecular flexibility index (Phi) is 5.83. The summed E-state index contributed by atoms with van der Waals surface area (Å²) < 4.78 is 29.2.